The number of carbonyl (C=O) groups is 3. The number of unbranched alkanes of at least 4 members (excludes halogenated alkanes) is 3. The third kappa shape index (κ3) is 76.5. The van der Waals surface area contributed by atoms with Gasteiger partial charge in [0.25, 0.3) is 0 Å². The lowest BCUT2D eigenvalue weighted by molar-refractivity contribution is -0.137. The molecule has 15 nitrogen and oxygen atoms in total. The van der Waals surface area contributed by atoms with Crippen LogP contribution in [0.15, 0.2) is 0 Å². The smallest absolute Gasteiger partial charge is 0.339 e. The van der Waals surface area contributed by atoms with Crippen LogP contribution in [0.2, 0.25) is 0 Å². The highest BCUT2D eigenvalue weighted by molar-refractivity contribution is 7.53. The molecule has 1 atom stereocenters. The number of rotatable bonds is 10. The maximum atomic E-state index is 10.1. The summed E-state index contributed by atoms with van der Waals surface area (Å²) in [6, 6.07) is 0. The monoisotopic (exact) mass is 622 g/mol. The standard InChI is InChI=1S/3C4H10.2C3H7O5P.C2H5O5P/c3*1-3-4-2;1-2(3(4)5)9(6,7)8;4-3(5)1-2-9(6,7)8;3-2(4)1-8(5,6)7/h3*3-4H2,1-2H3;2H,1H3,(H,4,5)(H2,6,7,8);1-2H2,(H,4,5)(H2,6,7,8);1H2,(H,3,4)(H2,5,6,7). The van der Waals surface area contributed by atoms with Gasteiger partial charge in [-0.05, 0) is 6.92 Å². The molecule has 234 valence electrons. The van der Waals surface area contributed by atoms with Crippen molar-refractivity contribution < 1.29 is 72.8 Å². The molecule has 0 heterocycles. The molecule has 18 heteroatoms. The number of hydrogen-bond donors (Lipinski definition) is 9. The lowest BCUT2D eigenvalue weighted by atomic mass is 10.4. The van der Waals surface area contributed by atoms with Gasteiger partial charge in [-0.25, -0.2) is 0 Å². The maximum Gasteiger partial charge on any atom is 0.339 e. The molecule has 0 amide bonds. The number of carboxylic acid groups (broad SMARTS) is 3. The molecule has 0 aliphatic carbocycles. The molecule has 0 aromatic carbocycles. The molecule has 0 aliphatic heterocycles. The van der Waals surface area contributed by atoms with E-state index in [1.54, 1.807) is 0 Å². The average Bonchev–Trinajstić information content (AvgIpc) is 2.75. The summed E-state index contributed by atoms with van der Waals surface area (Å²) in [4.78, 5) is 77.5. The van der Waals surface area contributed by atoms with Gasteiger partial charge in [-0.3, -0.25) is 28.1 Å². The first-order chi connectivity index (χ1) is 16.9. The van der Waals surface area contributed by atoms with Crippen LogP contribution < -0.4 is 0 Å². The lowest BCUT2D eigenvalue weighted by Crippen LogP contribution is -2.15. The van der Waals surface area contributed by atoms with Gasteiger partial charge >= 0.3 is 40.7 Å². The van der Waals surface area contributed by atoms with E-state index in [1.165, 1.54) is 38.5 Å². The zero-order chi connectivity index (χ0) is 32.2. The predicted octanol–water partition coefficient (Wildman–Crippen LogP) is 3.94. The van der Waals surface area contributed by atoms with Crippen molar-refractivity contribution in [3.8, 4) is 0 Å². The van der Waals surface area contributed by atoms with Crippen molar-refractivity contribution in [3.05, 3.63) is 0 Å². The minimum Gasteiger partial charge on any atom is -0.481 e. The van der Waals surface area contributed by atoms with E-state index in [2.05, 4.69) is 41.5 Å². The van der Waals surface area contributed by atoms with Gasteiger partial charge in [0, 0.05) is 0 Å². The van der Waals surface area contributed by atoms with E-state index in [1.807, 2.05) is 0 Å². The van der Waals surface area contributed by atoms with Crippen molar-refractivity contribution in [2.24, 2.45) is 0 Å². The molecule has 38 heavy (non-hydrogen) atoms. The first-order valence-corrected chi connectivity index (χ1v) is 17.0. The van der Waals surface area contributed by atoms with Gasteiger partial charge < -0.3 is 44.7 Å². The number of aliphatic carboxylic acids is 3. The van der Waals surface area contributed by atoms with E-state index in [9.17, 15) is 28.1 Å². The Morgan fingerprint density at radius 1 is 0.579 bits per heavy atom. The Labute approximate surface area is 225 Å². The van der Waals surface area contributed by atoms with E-state index in [0.717, 1.165) is 6.92 Å². The van der Waals surface area contributed by atoms with E-state index >= 15 is 0 Å². The van der Waals surface area contributed by atoms with Crippen LogP contribution in [0.3, 0.4) is 0 Å². The van der Waals surface area contributed by atoms with Crippen molar-refractivity contribution >= 4 is 40.7 Å². The lowest BCUT2D eigenvalue weighted by Gasteiger charge is -2.06. The molecule has 0 aromatic heterocycles. The summed E-state index contributed by atoms with van der Waals surface area (Å²) >= 11 is 0. The Hall–Kier alpha value is -1.14. The molecule has 0 saturated heterocycles. The minimum atomic E-state index is -4.41. The molecule has 0 bridgehead atoms. The van der Waals surface area contributed by atoms with Crippen LogP contribution >= 0.6 is 22.8 Å². The zero-order valence-corrected chi connectivity index (χ0v) is 25.9. The SMILES string of the molecule is CC(C(=O)O)P(=O)(O)O.CCCC.CCCC.CCCC.O=C(O)CCP(=O)(O)O.O=C(O)CP(=O)(O)O. The summed E-state index contributed by atoms with van der Waals surface area (Å²) in [6.45, 7) is 14.0. The topological polar surface area (TPSA) is 284 Å². The third-order valence-corrected chi connectivity index (χ3v) is 6.04. The Kier molecular flexibility index (Phi) is 39.8. The molecule has 0 saturated carbocycles. The second-order valence-corrected chi connectivity index (χ2v) is 12.7. The highest BCUT2D eigenvalue weighted by Gasteiger charge is 2.30. The van der Waals surface area contributed by atoms with Crippen molar-refractivity contribution in [1.29, 1.82) is 0 Å². The van der Waals surface area contributed by atoms with Crippen LogP contribution in [-0.4, -0.2) is 80.6 Å². The third-order valence-electron chi connectivity index (χ3n) is 3.32. The van der Waals surface area contributed by atoms with E-state index < -0.39 is 65.1 Å². The van der Waals surface area contributed by atoms with Gasteiger partial charge in [0.15, 0.2) is 5.66 Å². The molecule has 0 spiro atoms. The molecule has 0 fully saturated rings. The summed E-state index contributed by atoms with van der Waals surface area (Å²) in [7, 11) is -12.8. The van der Waals surface area contributed by atoms with Crippen LogP contribution in [0.5, 0.6) is 0 Å². The normalized spacial score (nSPS) is 11.0. The van der Waals surface area contributed by atoms with Gasteiger partial charge in [0.05, 0.1) is 12.6 Å². The predicted molar refractivity (Wildman–Crippen MR) is 145 cm³/mol. The Balaban J connectivity index is -0.0000000840. The Morgan fingerprint density at radius 3 is 0.895 bits per heavy atom. The van der Waals surface area contributed by atoms with Crippen molar-refractivity contribution in [2.75, 3.05) is 12.3 Å². The van der Waals surface area contributed by atoms with Gasteiger partial charge in [-0.2, -0.15) is 0 Å². The number of hydrogen-bond acceptors (Lipinski definition) is 6. The van der Waals surface area contributed by atoms with E-state index in [4.69, 9.17) is 44.7 Å². The van der Waals surface area contributed by atoms with Crippen LogP contribution in [0.4, 0.5) is 0 Å². The second kappa shape index (κ2) is 30.4. The fraction of sp³-hybridized carbons (Fsp3) is 0.850. The molecule has 0 aromatic rings. The van der Waals surface area contributed by atoms with Gasteiger partial charge in [0.1, 0.15) is 6.16 Å². The fourth-order valence-electron chi connectivity index (χ4n) is 0.561. The molecule has 1 unspecified atom stereocenters. The van der Waals surface area contributed by atoms with Crippen LogP contribution in [0.25, 0.3) is 0 Å². The average molecular weight is 623 g/mol. The first kappa shape index (κ1) is 49.8. The van der Waals surface area contributed by atoms with E-state index in [0.29, 0.717) is 0 Å². The molecule has 9 N–H and O–H groups in total. The molecule has 0 rings (SSSR count). The molecule has 0 radical (unpaired) electrons. The van der Waals surface area contributed by atoms with Crippen LogP contribution in [0.1, 0.15) is 93.4 Å². The summed E-state index contributed by atoms with van der Waals surface area (Å²) in [5.41, 5.74) is -1.60. The van der Waals surface area contributed by atoms with Crippen LogP contribution in [-0.2, 0) is 28.1 Å². The van der Waals surface area contributed by atoms with Gasteiger partial charge in [-0.1, -0.05) is 80.1 Å². The van der Waals surface area contributed by atoms with Crippen molar-refractivity contribution in [3.63, 3.8) is 0 Å². The quantitative estimate of drug-likeness (QED) is 0.156. The Bertz CT molecular complexity index is 695. The van der Waals surface area contributed by atoms with Crippen LogP contribution in [0, 0.1) is 0 Å². The highest BCUT2D eigenvalue weighted by atomic mass is 31.2. The maximum absolute atomic E-state index is 10.1. The van der Waals surface area contributed by atoms with Gasteiger partial charge in [0.2, 0.25) is 0 Å². The summed E-state index contributed by atoms with van der Waals surface area (Å²) in [5, 5.41) is 23.7. The first-order valence-electron chi connectivity index (χ1n) is 11.7. The number of carboxylic acids is 3. The minimum absolute atomic E-state index is 0.482. The highest BCUT2D eigenvalue weighted by Crippen LogP contribution is 2.40. The molecular weight excluding hydrogens is 573 g/mol. The molecular formula is C20H49O15P3. The summed E-state index contributed by atoms with van der Waals surface area (Å²) in [6.07, 6.45) is 5.76. The zero-order valence-electron chi connectivity index (χ0n) is 23.3. The fourth-order valence-corrected chi connectivity index (χ4v) is 1.68. The Morgan fingerprint density at radius 2 is 0.868 bits per heavy atom. The summed E-state index contributed by atoms with van der Waals surface area (Å²) < 4.78 is 29.8. The largest absolute Gasteiger partial charge is 0.481 e. The van der Waals surface area contributed by atoms with Crippen molar-refractivity contribution in [1.82, 2.24) is 0 Å². The van der Waals surface area contributed by atoms with Crippen molar-refractivity contribution in [2.45, 2.75) is 99.1 Å². The molecule has 0 aliphatic rings. The summed E-state index contributed by atoms with van der Waals surface area (Å²) in [5.74, 6) is -4.17. The van der Waals surface area contributed by atoms with E-state index in [-0.39, 0.29) is 0 Å². The van der Waals surface area contributed by atoms with Gasteiger partial charge in [-0.15, -0.1) is 0 Å². The second-order valence-electron chi connectivity index (χ2n) is 7.35.